The maximum atomic E-state index is 9.40. The highest BCUT2D eigenvalue weighted by atomic mass is 32.1. The fourth-order valence-corrected chi connectivity index (χ4v) is 2.50. The maximum absolute atomic E-state index is 9.40. The highest BCUT2D eigenvalue weighted by molar-refractivity contribution is 7.15. The van der Waals surface area contributed by atoms with Crippen molar-refractivity contribution in [3.63, 3.8) is 0 Å². The van der Waals surface area contributed by atoms with Gasteiger partial charge < -0.3 is 15.7 Å². The molecule has 86 valence electrons. The second-order valence-electron chi connectivity index (χ2n) is 4.23. The molecular formula is C10H19N3OS. The molecule has 0 aliphatic rings. The molecule has 0 spiro atoms. The molecule has 0 bridgehead atoms. The Morgan fingerprint density at radius 2 is 2.13 bits per heavy atom. The highest BCUT2D eigenvalue weighted by Gasteiger charge is 2.29. The van der Waals surface area contributed by atoms with Crippen molar-refractivity contribution in [1.82, 2.24) is 4.98 Å². The second kappa shape index (κ2) is 4.47. The van der Waals surface area contributed by atoms with Crippen LogP contribution >= 0.6 is 11.3 Å². The van der Waals surface area contributed by atoms with Crippen molar-refractivity contribution >= 4 is 16.5 Å². The van der Waals surface area contributed by atoms with E-state index in [1.165, 1.54) is 0 Å². The average molecular weight is 229 g/mol. The summed E-state index contributed by atoms with van der Waals surface area (Å²) in [5.74, 6) is 0. The predicted octanol–water partition coefficient (Wildman–Crippen LogP) is 0.726. The monoisotopic (exact) mass is 229 g/mol. The molecule has 1 heterocycles. The number of aliphatic hydroxyl groups excluding tert-OH is 1. The van der Waals surface area contributed by atoms with E-state index in [0.29, 0.717) is 6.54 Å². The van der Waals surface area contributed by atoms with Crippen LogP contribution in [-0.4, -0.2) is 37.3 Å². The topological polar surface area (TPSA) is 62.4 Å². The Morgan fingerprint density at radius 3 is 2.47 bits per heavy atom. The van der Waals surface area contributed by atoms with E-state index < -0.39 is 0 Å². The van der Waals surface area contributed by atoms with Gasteiger partial charge in [-0.25, -0.2) is 4.98 Å². The number of aromatic nitrogens is 1. The van der Waals surface area contributed by atoms with Gasteiger partial charge in [-0.2, -0.15) is 0 Å². The molecule has 1 unspecified atom stereocenters. The normalized spacial score (nSPS) is 15.1. The Balaban J connectivity index is 3.14. The van der Waals surface area contributed by atoms with Gasteiger partial charge in [0.15, 0.2) is 5.13 Å². The number of aryl methyl sites for hydroxylation is 1. The minimum atomic E-state index is -0.365. The summed E-state index contributed by atoms with van der Waals surface area (Å²) >= 11 is 1.60. The molecule has 0 saturated heterocycles. The number of hydrogen-bond donors (Lipinski definition) is 2. The number of nitrogens with zero attached hydrogens (tertiary/aromatic N) is 2. The van der Waals surface area contributed by atoms with E-state index in [9.17, 15) is 5.11 Å². The largest absolute Gasteiger partial charge is 0.395 e. The number of thiazole rings is 1. The third-order valence-corrected chi connectivity index (χ3v) is 4.15. The summed E-state index contributed by atoms with van der Waals surface area (Å²) in [5.41, 5.74) is 6.31. The summed E-state index contributed by atoms with van der Waals surface area (Å²) in [4.78, 5) is 7.50. The standard InChI is InChI=1S/C10H19N3OS/c1-7-8(10(2,5-11)6-14)15-9(12-7)13(3)4/h14H,5-6,11H2,1-4H3. The first-order valence-corrected chi connectivity index (χ1v) is 5.72. The van der Waals surface area contributed by atoms with Crippen LogP contribution in [0.15, 0.2) is 0 Å². The smallest absolute Gasteiger partial charge is 0.185 e. The Kier molecular flexibility index (Phi) is 3.70. The fourth-order valence-electron chi connectivity index (χ4n) is 1.36. The summed E-state index contributed by atoms with van der Waals surface area (Å²) in [5, 5.41) is 10.4. The number of nitrogens with two attached hydrogens (primary N) is 1. The first kappa shape index (κ1) is 12.4. The average Bonchev–Trinajstić information content (AvgIpc) is 2.60. The van der Waals surface area contributed by atoms with Crippen LogP contribution in [0.5, 0.6) is 0 Å². The van der Waals surface area contributed by atoms with Gasteiger partial charge in [-0.05, 0) is 6.92 Å². The summed E-state index contributed by atoms with van der Waals surface area (Å²) in [6.45, 7) is 4.41. The SMILES string of the molecule is Cc1nc(N(C)C)sc1C(C)(CN)CO. The van der Waals surface area contributed by atoms with Crippen LogP contribution in [0.25, 0.3) is 0 Å². The molecule has 1 aromatic rings. The minimum absolute atomic E-state index is 0.0550. The van der Waals surface area contributed by atoms with Gasteiger partial charge >= 0.3 is 0 Å². The molecule has 0 amide bonds. The van der Waals surface area contributed by atoms with E-state index in [-0.39, 0.29) is 12.0 Å². The van der Waals surface area contributed by atoms with E-state index in [0.717, 1.165) is 15.7 Å². The lowest BCUT2D eigenvalue weighted by Gasteiger charge is -2.24. The highest BCUT2D eigenvalue weighted by Crippen LogP contribution is 2.34. The van der Waals surface area contributed by atoms with Gasteiger partial charge in [-0.1, -0.05) is 6.92 Å². The summed E-state index contributed by atoms with van der Waals surface area (Å²) in [6.07, 6.45) is 0. The van der Waals surface area contributed by atoms with E-state index >= 15 is 0 Å². The van der Waals surface area contributed by atoms with E-state index in [1.807, 2.05) is 32.8 Å². The molecule has 3 N–H and O–H groups in total. The van der Waals surface area contributed by atoms with Crippen LogP contribution < -0.4 is 10.6 Å². The van der Waals surface area contributed by atoms with E-state index in [1.54, 1.807) is 11.3 Å². The molecule has 15 heavy (non-hydrogen) atoms. The molecule has 0 aromatic carbocycles. The molecule has 0 aliphatic carbocycles. The second-order valence-corrected chi connectivity index (χ2v) is 5.21. The molecule has 1 atom stereocenters. The quantitative estimate of drug-likeness (QED) is 0.799. The van der Waals surface area contributed by atoms with Gasteiger partial charge in [0, 0.05) is 30.9 Å². The Morgan fingerprint density at radius 1 is 1.53 bits per heavy atom. The van der Waals surface area contributed by atoms with Crippen LogP contribution in [0, 0.1) is 6.92 Å². The molecule has 5 heteroatoms. The zero-order chi connectivity index (χ0) is 11.6. The van der Waals surface area contributed by atoms with E-state index in [4.69, 9.17) is 5.73 Å². The maximum Gasteiger partial charge on any atom is 0.185 e. The van der Waals surface area contributed by atoms with Crippen LogP contribution in [-0.2, 0) is 5.41 Å². The number of hydrogen-bond acceptors (Lipinski definition) is 5. The van der Waals surface area contributed by atoms with Crippen molar-refractivity contribution in [2.75, 3.05) is 32.1 Å². The van der Waals surface area contributed by atoms with Crippen molar-refractivity contribution in [2.45, 2.75) is 19.3 Å². The van der Waals surface area contributed by atoms with Crippen LogP contribution in [0.4, 0.5) is 5.13 Å². The fraction of sp³-hybridized carbons (Fsp3) is 0.700. The molecule has 0 fully saturated rings. The third-order valence-electron chi connectivity index (χ3n) is 2.52. The Labute approximate surface area is 94.7 Å². The van der Waals surface area contributed by atoms with Crippen LogP contribution in [0.1, 0.15) is 17.5 Å². The zero-order valence-electron chi connectivity index (χ0n) is 9.74. The molecule has 0 radical (unpaired) electrons. The minimum Gasteiger partial charge on any atom is -0.395 e. The van der Waals surface area contributed by atoms with Crippen molar-refractivity contribution in [2.24, 2.45) is 5.73 Å². The molecular weight excluding hydrogens is 210 g/mol. The number of anilines is 1. The molecule has 0 aliphatic heterocycles. The van der Waals surface area contributed by atoms with E-state index in [2.05, 4.69) is 4.98 Å². The van der Waals surface area contributed by atoms with Crippen molar-refractivity contribution in [1.29, 1.82) is 0 Å². The summed E-state index contributed by atoms with van der Waals surface area (Å²) in [6, 6.07) is 0. The van der Waals surface area contributed by atoms with Gasteiger partial charge in [0.25, 0.3) is 0 Å². The van der Waals surface area contributed by atoms with Crippen LogP contribution in [0.2, 0.25) is 0 Å². The molecule has 0 saturated carbocycles. The van der Waals surface area contributed by atoms with Gasteiger partial charge in [-0.15, -0.1) is 11.3 Å². The van der Waals surface area contributed by atoms with Crippen molar-refractivity contribution in [3.05, 3.63) is 10.6 Å². The van der Waals surface area contributed by atoms with Crippen molar-refractivity contribution < 1.29 is 5.11 Å². The van der Waals surface area contributed by atoms with Crippen molar-refractivity contribution in [3.8, 4) is 0 Å². The van der Waals surface area contributed by atoms with Crippen LogP contribution in [0.3, 0.4) is 0 Å². The third kappa shape index (κ3) is 2.30. The zero-order valence-corrected chi connectivity index (χ0v) is 10.6. The van der Waals surface area contributed by atoms with Gasteiger partial charge in [-0.3, -0.25) is 0 Å². The Bertz CT molecular complexity index is 331. The van der Waals surface area contributed by atoms with Gasteiger partial charge in [0.05, 0.1) is 12.3 Å². The summed E-state index contributed by atoms with van der Waals surface area (Å²) in [7, 11) is 3.92. The predicted molar refractivity (Wildman–Crippen MR) is 64.7 cm³/mol. The lowest BCUT2D eigenvalue weighted by molar-refractivity contribution is 0.212. The molecule has 1 aromatic heterocycles. The lowest BCUT2D eigenvalue weighted by Crippen LogP contribution is -2.35. The number of aliphatic hydroxyl groups is 1. The first-order valence-electron chi connectivity index (χ1n) is 4.91. The van der Waals surface area contributed by atoms with Gasteiger partial charge in [0.1, 0.15) is 0 Å². The molecule has 1 rings (SSSR count). The summed E-state index contributed by atoms with van der Waals surface area (Å²) < 4.78 is 0. The number of rotatable bonds is 4. The Hall–Kier alpha value is -0.650. The first-order chi connectivity index (χ1) is 6.94. The van der Waals surface area contributed by atoms with Gasteiger partial charge in [0.2, 0.25) is 0 Å². The molecule has 4 nitrogen and oxygen atoms in total. The lowest BCUT2D eigenvalue weighted by atomic mass is 9.89.